The molecule has 0 aliphatic heterocycles. The van der Waals surface area contributed by atoms with E-state index in [1.165, 1.54) is 0 Å². The van der Waals surface area contributed by atoms with Crippen LogP contribution in [0.4, 0.5) is 0 Å². The number of hydrogen-bond donors (Lipinski definition) is 1. The number of rotatable bonds is 4. The van der Waals surface area contributed by atoms with Gasteiger partial charge in [-0.15, -0.1) is 0 Å². The molecule has 2 heterocycles. The standard InChI is InChI=1S/C12H17N5O/c1-9-6-14-17(7-9)10(2)12(18)16(3)8-11-4-5-13-15-11/h4-7,10H,8H2,1-3H3,(H,13,15)/t10-/m1/s1. The first kappa shape index (κ1) is 12.3. The van der Waals surface area contributed by atoms with Gasteiger partial charge in [-0.05, 0) is 25.5 Å². The SMILES string of the molecule is Cc1cnn([C@H](C)C(=O)N(C)Cc2ccn[nH]2)c1. The lowest BCUT2D eigenvalue weighted by Crippen LogP contribution is -2.33. The molecule has 0 radical (unpaired) electrons. The van der Waals surface area contributed by atoms with Gasteiger partial charge in [0, 0.05) is 19.4 Å². The lowest BCUT2D eigenvalue weighted by Gasteiger charge is -2.20. The average molecular weight is 247 g/mol. The molecule has 0 aromatic carbocycles. The highest BCUT2D eigenvalue weighted by Crippen LogP contribution is 2.10. The smallest absolute Gasteiger partial charge is 0.247 e. The number of aromatic nitrogens is 4. The minimum atomic E-state index is -0.299. The van der Waals surface area contributed by atoms with E-state index >= 15 is 0 Å². The summed E-state index contributed by atoms with van der Waals surface area (Å²) >= 11 is 0. The lowest BCUT2D eigenvalue weighted by atomic mass is 10.3. The number of hydrogen-bond acceptors (Lipinski definition) is 3. The molecule has 0 saturated carbocycles. The summed E-state index contributed by atoms with van der Waals surface area (Å²) in [5.41, 5.74) is 1.96. The summed E-state index contributed by atoms with van der Waals surface area (Å²) in [6.07, 6.45) is 5.29. The van der Waals surface area contributed by atoms with Crippen LogP contribution in [0.2, 0.25) is 0 Å². The van der Waals surface area contributed by atoms with E-state index in [9.17, 15) is 4.79 Å². The number of carbonyl (C=O) groups excluding carboxylic acids is 1. The summed E-state index contributed by atoms with van der Waals surface area (Å²) in [5, 5.41) is 10.9. The molecule has 96 valence electrons. The number of likely N-dealkylation sites (N-methyl/N-ethyl adjacent to an activating group) is 1. The van der Waals surface area contributed by atoms with E-state index in [0.29, 0.717) is 6.54 Å². The van der Waals surface area contributed by atoms with Gasteiger partial charge in [-0.2, -0.15) is 10.2 Å². The number of amides is 1. The van der Waals surface area contributed by atoms with Gasteiger partial charge in [0.05, 0.1) is 18.4 Å². The molecule has 0 bridgehead atoms. The molecule has 2 aromatic heterocycles. The first-order valence-corrected chi connectivity index (χ1v) is 5.82. The molecule has 18 heavy (non-hydrogen) atoms. The fourth-order valence-electron chi connectivity index (χ4n) is 1.78. The number of nitrogens with zero attached hydrogens (tertiary/aromatic N) is 4. The number of H-pyrrole nitrogens is 1. The third-order valence-corrected chi connectivity index (χ3v) is 2.83. The molecule has 1 N–H and O–H groups in total. The highest BCUT2D eigenvalue weighted by molar-refractivity contribution is 5.79. The van der Waals surface area contributed by atoms with Gasteiger partial charge in [0.2, 0.25) is 5.91 Å². The molecule has 6 heteroatoms. The minimum Gasteiger partial charge on any atom is -0.338 e. The van der Waals surface area contributed by atoms with Gasteiger partial charge in [0.15, 0.2) is 0 Å². The van der Waals surface area contributed by atoms with Crippen molar-refractivity contribution in [3.63, 3.8) is 0 Å². The number of aryl methyl sites for hydroxylation is 1. The molecule has 0 aliphatic rings. The van der Waals surface area contributed by atoms with Crippen LogP contribution >= 0.6 is 0 Å². The maximum Gasteiger partial charge on any atom is 0.247 e. The van der Waals surface area contributed by atoms with Crippen LogP contribution in [0.3, 0.4) is 0 Å². The van der Waals surface area contributed by atoms with Crippen molar-refractivity contribution in [1.82, 2.24) is 24.9 Å². The molecule has 0 fully saturated rings. The maximum absolute atomic E-state index is 12.2. The van der Waals surface area contributed by atoms with Gasteiger partial charge in [0.1, 0.15) is 6.04 Å². The van der Waals surface area contributed by atoms with Crippen LogP contribution < -0.4 is 0 Å². The van der Waals surface area contributed by atoms with Gasteiger partial charge in [0.25, 0.3) is 0 Å². The number of nitrogens with one attached hydrogen (secondary N) is 1. The second-order valence-corrected chi connectivity index (χ2v) is 4.45. The van der Waals surface area contributed by atoms with E-state index in [1.807, 2.05) is 26.1 Å². The summed E-state index contributed by atoms with van der Waals surface area (Å²) in [6, 6.07) is 1.55. The highest BCUT2D eigenvalue weighted by atomic mass is 16.2. The van der Waals surface area contributed by atoms with Crippen LogP contribution in [-0.4, -0.2) is 37.8 Å². The Balaban J connectivity index is 2.02. The lowest BCUT2D eigenvalue weighted by molar-refractivity contribution is -0.133. The van der Waals surface area contributed by atoms with Crippen LogP contribution in [0.5, 0.6) is 0 Å². The van der Waals surface area contributed by atoms with Crippen molar-refractivity contribution in [2.75, 3.05) is 7.05 Å². The van der Waals surface area contributed by atoms with E-state index in [4.69, 9.17) is 0 Å². The maximum atomic E-state index is 12.2. The minimum absolute atomic E-state index is 0.0210. The summed E-state index contributed by atoms with van der Waals surface area (Å²) in [4.78, 5) is 13.9. The molecule has 2 rings (SSSR count). The quantitative estimate of drug-likeness (QED) is 0.880. The molecule has 0 aliphatic carbocycles. The molecular weight excluding hydrogens is 230 g/mol. The fourth-order valence-corrected chi connectivity index (χ4v) is 1.78. The first-order chi connectivity index (χ1) is 8.58. The van der Waals surface area contributed by atoms with Gasteiger partial charge in [-0.1, -0.05) is 0 Å². The Morgan fingerprint density at radius 1 is 1.61 bits per heavy atom. The third kappa shape index (κ3) is 2.58. The van der Waals surface area contributed by atoms with E-state index < -0.39 is 0 Å². The summed E-state index contributed by atoms with van der Waals surface area (Å²) < 4.78 is 1.68. The largest absolute Gasteiger partial charge is 0.338 e. The van der Waals surface area contributed by atoms with Gasteiger partial charge >= 0.3 is 0 Å². The van der Waals surface area contributed by atoms with Crippen LogP contribution in [0, 0.1) is 6.92 Å². The topological polar surface area (TPSA) is 66.8 Å². The van der Waals surface area contributed by atoms with Crippen molar-refractivity contribution >= 4 is 5.91 Å². The second-order valence-electron chi connectivity index (χ2n) is 4.45. The highest BCUT2D eigenvalue weighted by Gasteiger charge is 2.20. The van der Waals surface area contributed by atoms with Gasteiger partial charge in [-0.3, -0.25) is 14.6 Å². The van der Waals surface area contributed by atoms with Crippen LogP contribution in [0.15, 0.2) is 24.7 Å². The van der Waals surface area contributed by atoms with Gasteiger partial charge < -0.3 is 4.90 Å². The number of aromatic amines is 1. The Hall–Kier alpha value is -2.11. The summed E-state index contributed by atoms with van der Waals surface area (Å²) in [6.45, 7) is 4.32. The first-order valence-electron chi connectivity index (χ1n) is 5.82. The monoisotopic (exact) mass is 247 g/mol. The molecule has 0 spiro atoms. The molecule has 0 unspecified atom stereocenters. The van der Waals surface area contributed by atoms with Crippen LogP contribution in [0.1, 0.15) is 24.2 Å². The second kappa shape index (κ2) is 5.03. The Morgan fingerprint density at radius 3 is 2.94 bits per heavy atom. The normalized spacial score (nSPS) is 12.4. The predicted octanol–water partition coefficient (Wildman–Crippen LogP) is 1.13. The molecule has 0 saturated heterocycles. The van der Waals surface area contributed by atoms with E-state index in [2.05, 4.69) is 15.3 Å². The zero-order valence-electron chi connectivity index (χ0n) is 10.8. The Labute approximate surface area is 106 Å². The number of carbonyl (C=O) groups is 1. The van der Waals surface area contributed by atoms with Crippen LogP contribution in [0.25, 0.3) is 0 Å². The molecule has 1 amide bonds. The molecule has 6 nitrogen and oxygen atoms in total. The Morgan fingerprint density at radius 2 is 2.39 bits per heavy atom. The third-order valence-electron chi connectivity index (χ3n) is 2.83. The van der Waals surface area contributed by atoms with Crippen molar-refractivity contribution in [2.45, 2.75) is 26.4 Å². The average Bonchev–Trinajstić information content (AvgIpc) is 2.98. The fraction of sp³-hybridized carbons (Fsp3) is 0.417. The predicted molar refractivity (Wildman–Crippen MR) is 66.7 cm³/mol. The van der Waals surface area contributed by atoms with Crippen molar-refractivity contribution in [3.8, 4) is 0 Å². The van der Waals surface area contributed by atoms with E-state index in [1.54, 1.807) is 29.0 Å². The molecular formula is C12H17N5O. The van der Waals surface area contributed by atoms with Crippen molar-refractivity contribution in [3.05, 3.63) is 35.9 Å². The van der Waals surface area contributed by atoms with Gasteiger partial charge in [-0.25, -0.2) is 0 Å². The Kier molecular flexibility index (Phi) is 3.45. The molecule has 2 aromatic rings. The summed E-state index contributed by atoms with van der Waals surface area (Å²) in [7, 11) is 1.77. The Bertz CT molecular complexity index is 516. The zero-order chi connectivity index (χ0) is 13.1. The molecule has 1 atom stereocenters. The van der Waals surface area contributed by atoms with E-state index in [0.717, 1.165) is 11.3 Å². The van der Waals surface area contributed by atoms with Crippen molar-refractivity contribution < 1.29 is 4.79 Å². The van der Waals surface area contributed by atoms with Crippen LogP contribution in [-0.2, 0) is 11.3 Å². The zero-order valence-corrected chi connectivity index (χ0v) is 10.8. The van der Waals surface area contributed by atoms with E-state index in [-0.39, 0.29) is 11.9 Å². The summed E-state index contributed by atoms with van der Waals surface area (Å²) in [5.74, 6) is 0.0210. The van der Waals surface area contributed by atoms with Crippen molar-refractivity contribution in [1.29, 1.82) is 0 Å². The van der Waals surface area contributed by atoms with Crippen molar-refractivity contribution in [2.24, 2.45) is 0 Å².